The molecule has 0 radical (unpaired) electrons. The molecule has 22 heavy (non-hydrogen) atoms. The van der Waals surface area contributed by atoms with E-state index in [0.717, 1.165) is 5.56 Å². The molecule has 2 aromatic rings. The predicted octanol–water partition coefficient (Wildman–Crippen LogP) is 2.61. The summed E-state index contributed by atoms with van der Waals surface area (Å²) in [6.45, 7) is 1.75. The number of hydrogen-bond donors (Lipinski definition) is 0. The first kappa shape index (κ1) is 14.7. The number of rotatable bonds is 3. The summed E-state index contributed by atoms with van der Waals surface area (Å²) in [5.74, 6) is -0.469. The molecule has 3 rings (SSSR count). The van der Waals surface area contributed by atoms with Crippen LogP contribution in [0.2, 0.25) is 0 Å². The first-order valence-electron chi connectivity index (χ1n) is 6.73. The normalized spacial score (nSPS) is 17.7. The Hall–Kier alpha value is -2.18. The van der Waals surface area contributed by atoms with Gasteiger partial charge in [-0.1, -0.05) is 35.9 Å². The summed E-state index contributed by atoms with van der Waals surface area (Å²) in [5, 5.41) is 0. The van der Waals surface area contributed by atoms with Gasteiger partial charge in [0.05, 0.1) is 10.5 Å². The van der Waals surface area contributed by atoms with Crippen LogP contribution in [0.3, 0.4) is 0 Å². The van der Waals surface area contributed by atoms with Crippen molar-refractivity contribution < 1.29 is 22.1 Å². The van der Waals surface area contributed by atoms with Crippen molar-refractivity contribution in [2.45, 2.75) is 17.9 Å². The minimum Gasteiger partial charge on any atom is -0.459 e. The van der Waals surface area contributed by atoms with Crippen LogP contribution in [0.1, 0.15) is 27.6 Å². The van der Waals surface area contributed by atoms with Crippen LogP contribution in [-0.4, -0.2) is 21.0 Å². The van der Waals surface area contributed by atoms with Gasteiger partial charge < -0.3 is 4.74 Å². The smallest absolute Gasteiger partial charge is 0.338 e. The Kier molecular flexibility index (Phi) is 3.72. The third-order valence-corrected chi connectivity index (χ3v) is 4.78. The number of esters is 1. The highest BCUT2D eigenvalue weighted by atomic mass is 32.2. The Balaban J connectivity index is 1.92. The third-order valence-electron chi connectivity index (χ3n) is 3.45. The van der Waals surface area contributed by atoms with E-state index in [4.69, 9.17) is 8.92 Å². The summed E-state index contributed by atoms with van der Waals surface area (Å²) in [7, 11) is -3.93. The number of hydrogen-bond acceptors (Lipinski definition) is 5. The molecule has 1 heterocycles. The molecule has 1 atom stereocenters. The number of benzene rings is 2. The van der Waals surface area contributed by atoms with E-state index in [-0.39, 0.29) is 11.5 Å². The number of carbonyl (C=O) groups is 1. The summed E-state index contributed by atoms with van der Waals surface area (Å²) in [4.78, 5) is 11.8. The molecule has 114 valence electrons. The van der Waals surface area contributed by atoms with Gasteiger partial charge in [0.25, 0.3) is 10.1 Å². The van der Waals surface area contributed by atoms with Crippen LogP contribution in [0.4, 0.5) is 0 Å². The number of ether oxygens (including phenoxy) is 1. The molecule has 1 unspecified atom stereocenters. The molecule has 0 saturated carbocycles. The Morgan fingerprint density at radius 1 is 1.09 bits per heavy atom. The Morgan fingerprint density at radius 3 is 2.50 bits per heavy atom. The summed E-state index contributed by atoms with van der Waals surface area (Å²) in [6, 6.07) is 13.1. The zero-order valence-electron chi connectivity index (χ0n) is 11.9. The molecule has 2 aromatic carbocycles. The fraction of sp³-hybridized carbons (Fsp3) is 0.188. The second kappa shape index (κ2) is 5.55. The highest BCUT2D eigenvalue weighted by molar-refractivity contribution is 7.86. The maximum Gasteiger partial charge on any atom is 0.338 e. The van der Waals surface area contributed by atoms with Crippen LogP contribution < -0.4 is 0 Å². The van der Waals surface area contributed by atoms with Crippen molar-refractivity contribution >= 4 is 16.1 Å². The minimum atomic E-state index is -3.93. The molecule has 0 aromatic heterocycles. The average molecular weight is 318 g/mol. The van der Waals surface area contributed by atoms with E-state index in [0.29, 0.717) is 11.1 Å². The lowest BCUT2D eigenvalue weighted by Crippen LogP contribution is -2.26. The van der Waals surface area contributed by atoms with Gasteiger partial charge in [-0.15, -0.1) is 0 Å². The van der Waals surface area contributed by atoms with Gasteiger partial charge in [-0.05, 0) is 25.1 Å². The maximum absolute atomic E-state index is 12.3. The number of cyclic esters (lactones) is 1. The van der Waals surface area contributed by atoms with E-state index in [1.54, 1.807) is 36.4 Å². The third kappa shape index (κ3) is 2.75. The molecule has 0 amide bonds. The Morgan fingerprint density at radius 2 is 1.77 bits per heavy atom. The highest BCUT2D eigenvalue weighted by Crippen LogP contribution is 2.30. The first-order chi connectivity index (χ1) is 10.5. The van der Waals surface area contributed by atoms with E-state index in [1.807, 2.05) is 6.92 Å². The molecule has 0 N–H and O–H groups in total. The first-order valence-corrected chi connectivity index (χ1v) is 8.14. The quantitative estimate of drug-likeness (QED) is 0.643. The van der Waals surface area contributed by atoms with Crippen molar-refractivity contribution in [2.75, 3.05) is 6.61 Å². The van der Waals surface area contributed by atoms with Crippen molar-refractivity contribution in [3.05, 3.63) is 65.2 Å². The highest BCUT2D eigenvalue weighted by Gasteiger charge is 2.31. The lowest BCUT2D eigenvalue weighted by molar-refractivity contribution is 0.0242. The van der Waals surface area contributed by atoms with Crippen molar-refractivity contribution in [2.24, 2.45) is 0 Å². The molecule has 6 heteroatoms. The zero-order valence-corrected chi connectivity index (χ0v) is 12.7. The van der Waals surface area contributed by atoms with Crippen molar-refractivity contribution in [1.82, 2.24) is 0 Å². The topological polar surface area (TPSA) is 69.7 Å². The van der Waals surface area contributed by atoms with Crippen LogP contribution in [0.15, 0.2) is 53.4 Å². The van der Waals surface area contributed by atoms with E-state index < -0.39 is 22.2 Å². The van der Waals surface area contributed by atoms with Crippen LogP contribution in [0, 0.1) is 6.92 Å². The van der Waals surface area contributed by atoms with Crippen LogP contribution in [0.25, 0.3) is 0 Å². The van der Waals surface area contributed by atoms with Crippen molar-refractivity contribution in [3.8, 4) is 0 Å². The van der Waals surface area contributed by atoms with Gasteiger partial charge in [-0.3, -0.25) is 4.18 Å². The van der Waals surface area contributed by atoms with Crippen LogP contribution in [0.5, 0.6) is 0 Å². The van der Waals surface area contributed by atoms with Crippen molar-refractivity contribution in [1.29, 1.82) is 0 Å². The maximum atomic E-state index is 12.3. The van der Waals surface area contributed by atoms with Gasteiger partial charge in [-0.25, -0.2) is 4.79 Å². The molecule has 0 saturated heterocycles. The molecule has 0 fully saturated rings. The van der Waals surface area contributed by atoms with E-state index >= 15 is 0 Å². The molecular weight excluding hydrogens is 304 g/mol. The predicted molar refractivity (Wildman–Crippen MR) is 78.9 cm³/mol. The van der Waals surface area contributed by atoms with Gasteiger partial charge in [-0.2, -0.15) is 8.42 Å². The lowest BCUT2D eigenvalue weighted by Gasteiger charge is -2.24. The molecule has 0 bridgehead atoms. The number of aryl methyl sites for hydroxylation is 1. The van der Waals surface area contributed by atoms with Gasteiger partial charge in [0.15, 0.2) is 0 Å². The van der Waals surface area contributed by atoms with Crippen molar-refractivity contribution in [3.63, 3.8) is 0 Å². The zero-order chi connectivity index (χ0) is 15.7. The Bertz CT molecular complexity index is 809. The summed E-state index contributed by atoms with van der Waals surface area (Å²) < 4.78 is 34.9. The monoisotopic (exact) mass is 318 g/mol. The molecule has 1 aliphatic heterocycles. The standard InChI is InChI=1S/C16H14O5S/c1-11-6-8-12(9-7-11)22(18,19)21-15-10-20-16(17)14-5-3-2-4-13(14)15/h2-9,15H,10H2,1H3. The fourth-order valence-corrected chi connectivity index (χ4v) is 3.32. The second-order valence-corrected chi connectivity index (χ2v) is 6.61. The molecular formula is C16H14O5S. The molecule has 0 aliphatic carbocycles. The van der Waals surface area contributed by atoms with Gasteiger partial charge in [0.2, 0.25) is 0 Å². The molecule has 1 aliphatic rings. The minimum absolute atomic E-state index is 0.0764. The summed E-state index contributed by atoms with van der Waals surface area (Å²) >= 11 is 0. The Labute approximate surface area is 128 Å². The number of fused-ring (bicyclic) bond motifs is 1. The molecule has 5 nitrogen and oxygen atoms in total. The SMILES string of the molecule is Cc1ccc(S(=O)(=O)OC2COC(=O)c3ccccc32)cc1. The lowest BCUT2D eigenvalue weighted by atomic mass is 10.0. The van der Waals surface area contributed by atoms with Crippen LogP contribution >= 0.6 is 0 Å². The number of carbonyl (C=O) groups excluding carboxylic acids is 1. The van der Waals surface area contributed by atoms with Gasteiger partial charge >= 0.3 is 5.97 Å². The van der Waals surface area contributed by atoms with E-state index in [2.05, 4.69) is 0 Å². The van der Waals surface area contributed by atoms with E-state index in [1.165, 1.54) is 12.1 Å². The fourth-order valence-electron chi connectivity index (χ4n) is 2.28. The van der Waals surface area contributed by atoms with Gasteiger partial charge in [0.1, 0.15) is 12.7 Å². The average Bonchev–Trinajstić information content (AvgIpc) is 2.51. The second-order valence-electron chi connectivity index (χ2n) is 5.04. The largest absolute Gasteiger partial charge is 0.459 e. The summed E-state index contributed by atoms with van der Waals surface area (Å²) in [5.41, 5.74) is 1.81. The van der Waals surface area contributed by atoms with Crippen LogP contribution in [-0.2, 0) is 19.0 Å². The summed E-state index contributed by atoms with van der Waals surface area (Å²) in [6.07, 6.45) is -0.833. The van der Waals surface area contributed by atoms with E-state index in [9.17, 15) is 13.2 Å². The molecule has 0 spiro atoms. The van der Waals surface area contributed by atoms with Gasteiger partial charge in [0, 0.05) is 5.56 Å².